The number of benzene rings is 2. The van der Waals surface area contributed by atoms with Crippen LogP contribution in [0.1, 0.15) is 27.8 Å². The van der Waals surface area contributed by atoms with Crippen LogP contribution in [-0.2, 0) is 22.4 Å². The van der Waals surface area contributed by atoms with E-state index in [1.807, 2.05) is 63.2 Å². The van der Waals surface area contributed by atoms with Crippen molar-refractivity contribution in [3.8, 4) is 0 Å². The van der Waals surface area contributed by atoms with Gasteiger partial charge in [0.1, 0.15) is 6.04 Å². The first kappa shape index (κ1) is 18.7. The maximum atomic E-state index is 12.7. The molecule has 2 rings (SSSR count). The summed E-state index contributed by atoms with van der Waals surface area (Å²) in [7, 11) is 1.57. The number of hydrogen-bond donors (Lipinski definition) is 1. The Bertz CT molecular complexity index is 745. The number of hydrogen-bond acceptors (Lipinski definition) is 2. The lowest BCUT2D eigenvalue weighted by molar-refractivity contribution is -0.148. The van der Waals surface area contributed by atoms with E-state index in [-0.39, 0.29) is 12.3 Å². The summed E-state index contributed by atoms with van der Waals surface area (Å²) >= 11 is 0. The number of carboxylic acids is 1. The highest BCUT2D eigenvalue weighted by Crippen LogP contribution is 2.18. The van der Waals surface area contributed by atoms with E-state index in [9.17, 15) is 14.7 Å². The standard InChI is InChI=1S/C21H25NO3/c1-14-10-15(2)18(16(3)11-14)13-20(23)22(4)19(21(24)25)12-17-8-6-5-7-9-17/h5-11,19H,12-13H2,1-4H3,(H,24,25). The minimum Gasteiger partial charge on any atom is -0.480 e. The van der Waals surface area contributed by atoms with Crippen molar-refractivity contribution < 1.29 is 14.7 Å². The second kappa shape index (κ2) is 7.97. The van der Waals surface area contributed by atoms with Crippen LogP contribution in [0.2, 0.25) is 0 Å². The lowest BCUT2D eigenvalue weighted by atomic mass is 9.96. The molecule has 0 fully saturated rings. The highest BCUT2D eigenvalue weighted by molar-refractivity contribution is 5.85. The number of carbonyl (C=O) groups is 2. The smallest absolute Gasteiger partial charge is 0.326 e. The van der Waals surface area contributed by atoms with Crippen LogP contribution < -0.4 is 0 Å². The fourth-order valence-electron chi connectivity index (χ4n) is 3.17. The maximum Gasteiger partial charge on any atom is 0.326 e. The van der Waals surface area contributed by atoms with E-state index in [1.54, 1.807) is 7.05 Å². The summed E-state index contributed by atoms with van der Waals surface area (Å²) in [6.45, 7) is 6.00. The molecule has 0 aromatic heterocycles. The van der Waals surface area contributed by atoms with Crippen LogP contribution in [0.4, 0.5) is 0 Å². The molecule has 0 heterocycles. The molecule has 0 aliphatic rings. The summed E-state index contributed by atoms with van der Waals surface area (Å²) in [5.41, 5.74) is 5.17. The van der Waals surface area contributed by atoms with Crippen molar-refractivity contribution >= 4 is 11.9 Å². The van der Waals surface area contributed by atoms with Crippen LogP contribution in [0.3, 0.4) is 0 Å². The Labute approximate surface area is 149 Å². The quantitative estimate of drug-likeness (QED) is 0.878. The van der Waals surface area contributed by atoms with Gasteiger partial charge in [-0.2, -0.15) is 0 Å². The van der Waals surface area contributed by atoms with Crippen molar-refractivity contribution in [2.75, 3.05) is 7.05 Å². The molecule has 1 atom stereocenters. The largest absolute Gasteiger partial charge is 0.480 e. The molecule has 4 nitrogen and oxygen atoms in total. The summed E-state index contributed by atoms with van der Waals surface area (Å²) in [6, 6.07) is 12.6. The van der Waals surface area contributed by atoms with Gasteiger partial charge in [-0.15, -0.1) is 0 Å². The fourth-order valence-corrected chi connectivity index (χ4v) is 3.17. The van der Waals surface area contributed by atoms with E-state index in [2.05, 4.69) is 0 Å². The molecule has 1 unspecified atom stereocenters. The Morgan fingerprint density at radius 2 is 1.60 bits per heavy atom. The molecule has 1 amide bonds. The Hall–Kier alpha value is -2.62. The molecule has 2 aromatic rings. The maximum absolute atomic E-state index is 12.7. The Balaban J connectivity index is 2.18. The highest BCUT2D eigenvalue weighted by atomic mass is 16.4. The van der Waals surface area contributed by atoms with Gasteiger partial charge in [0.15, 0.2) is 0 Å². The van der Waals surface area contributed by atoms with E-state index in [1.165, 1.54) is 4.90 Å². The van der Waals surface area contributed by atoms with E-state index < -0.39 is 12.0 Å². The summed E-state index contributed by atoms with van der Waals surface area (Å²) in [5, 5.41) is 9.57. The van der Waals surface area contributed by atoms with Crippen LogP contribution in [0.25, 0.3) is 0 Å². The number of carboxylic acid groups (broad SMARTS) is 1. The predicted octanol–water partition coefficient (Wildman–Crippen LogP) is 3.31. The van der Waals surface area contributed by atoms with Crippen LogP contribution in [0.5, 0.6) is 0 Å². The molecular formula is C21H25NO3. The third-order valence-electron chi connectivity index (χ3n) is 4.59. The van der Waals surface area contributed by atoms with Crippen molar-refractivity contribution in [2.45, 2.75) is 39.7 Å². The normalized spacial score (nSPS) is 11.8. The zero-order valence-corrected chi connectivity index (χ0v) is 15.2. The minimum atomic E-state index is -0.989. The third kappa shape index (κ3) is 4.69. The molecule has 0 saturated heterocycles. The van der Waals surface area contributed by atoms with Gasteiger partial charge in [0.2, 0.25) is 5.91 Å². The molecule has 0 spiro atoms. The predicted molar refractivity (Wildman–Crippen MR) is 98.7 cm³/mol. The average Bonchev–Trinajstić information content (AvgIpc) is 2.55. The molecule has 0 aliphatic carbocycles. The number of amides is 1. The molecule has 0 radical (unpaired) electrons. The summed E-state index contributed by atoms with van der Waals surface area (Å²) in [4.78, 5) is 25.7. The lowest BCUT2D eigenvalue weighted by Crippen LogP contribution is -2.44. The first-order valence-corrected chi connectivity index (χ1v) is 8.38. The molecule has 1 N–H and O–H groups in total. The van der Waals surface area contributed by atoms with Gasteiger partial charge in [0.25, 0.3) is 0 Å². The molecule has 0 aliphatic heterocycles. The van der Waals surface area contributed by atoms with Crippen LogP contribution in [-0.4, -0.2) is 35.0 Å². The van der Waals surface area contributed by atoms with Crippen molar-refractivity contribution in [1.82, 2.24) is 4.90 Å². The molecule has 2 aromatic carbocycles. The summed E-state index contributed by atoms with van der Waals surface area (Å²) < 4.78 is 0. The van der Waals surface area contributed by atoms with E-state index in [4.69, 9.17) is 0 Å². The topological polar surface area (TPSA) is 57.6 Å². The molecule has 0 saturated carbocycles. The van der Waals surface area contributed by atoms with Gasteiger partial charge in [-0.25, -0.2) is 4.79 Å². The van der Waals surface area contributed by atoms with Crippen LogP contribution >= 0.6 is 0 Å². The average molecular weight is 339 g/mol. The minimum absolute atomic E-state index is 0.182. The zero-order valence-electron chi connectivity index (χ0n) is 15.2. The number of carbonyl (C=O) groups excluding carboxylic acids is 1. The summed E-state index contributed by atoms with van der Waals surface area (Å²) in [6.07, 6.45) is 0.511. The summed E-state index contributed by atoms with van der Waals surface area (Å²) in [5.74, 6) is -1.17. The van der Waals surface area contributed by atoms with Crippen molar-refractivity contribution in [3.63, 3.8) is 0 Å². The van der Waals surface area contributed by atoms with E-state index in [0.29, 0.717) is 6.42 Å². The third-order valence-corrected chi connectivity index (χ3v) is 4.59. The lowest BCUT2D eigenvalue weighted by Gasteiger charge is -2.26. The zero-order chi connectivity index (χ0) is 18.6. The Morgan fingerprint density at radius 3 is 2.12 bits per heavy atom. The highest BCUT2D eigenvalue weighted by Gasteiger charge is 2.27. The Kier molecular flexibility index (Phi) is 5.97. The molecule has 4 heteroatoms. The molecule has 25 heavy (non-hydrogen) atoms. The number of likely N-dealkylation sites (N-methyl/N-ethyl adjacent to an activating group) is 1. The second-order valence-electron chi connectivity index (χ2n) is 6.60. The number of rotatable bonds is 6. The van der Waals surface area contributed by atoms with E-state index >= 15 is 0 Å². The van der Waals surface area contributed by atoms with Crippen molar-refractivity contribution in [1.29, 1.82) is 0 Å². The SMILES string of the molecule is Cc1cc(C)c(CC(=O)N(C)C(Cc2ccccc2)C(=O)O)c(C)c1. The number of nitrogens with zero attached hydrogens (tertiary/aromatic N) is 1. The Morgan fingerprint density at radius 1 is 1.04 bits per heavy atom. The van der Waals surface area contributed by atoms with Gasteiger partial charge < -0.3 is 10.0 Å². The van der Waals surface area contributed by atoms with Gasteiger partial charge in [-0.1, -0.05) is 48.0 Å². The van der Waals surface area contributed by atoms with Gasteiger partial charge in [0.05, 0.1) is 6.42 Å². The van der Waals surface area contributed by atoms with Crippen molar-refractivity contribution in [2.24, 2.45) is 0 Å². The monoisotopic (exact) mass is 339 g/mol. The van der Waals surface area contributed by atoms with Crippen LogP contribution in [0, 0.1) is 20.8 Å². The van der Waals surface area contributed by atoms with Crippen LogP contribution in [0.15, 0.2) is 42.5 Å². The van der Waals surface area contributed by atoms with Crippen molar-refractivity contribution in [3.05, 3.63) is 70.3 Å². The van der Waals surface area contributed by atoms with Gasteiger partial charge in [-0.3, -0.25) is 4.79 Å². The second-order valence-corrected chi connectivity index (χ2v) is 6.60. The first-order valence-electron chi connectivity index (χ1n) is 8.38. The number of aryl methyl sites for hydroxylation is 3. The fraction of sp³-hybridized carbons (Fsp3) is 0.333. The van der Waals surface area contributed by atoms with E-state index in [0.717, 1.165) is 27.8 Å². The van der Waals surface area contributed by atoms with Gasteiger partial charge in [0, 0.05) is 13.5 Å². The van der Waals surface area contributed by atoms with Gasteiger partial charge in [-0.05, 0) is 43.0 Å². The molecule has 0 bridgehead atoms. The number of aliphatic carboxylic acids is 1. The molecular weight excluding hydrogens is 314 g/mol. The first-order chi connectivity index (χ1) is 11.8. The van der Waals surface area contributed by atoms with Gasteiger partial charge >= 0.3 is 5.97 Å². The molecule has 132 valence electrons.